The highest BCUT2D eigenvalue weighted by Gasteiger charge is 2.22. The van der Waals surface area contributed by atoms with Gasteiger partial charge in [-0.05, 0) is 12.1 Å². The van der Waals surface area contributed by atoms with Gasteiger partial charge in [-0.1, -0.05) is 18.2 Å². The molecule has 8 heteroatoms. The summed E-state index contributed by atoms with van der Waals surface area (Å²) < 4.78 is 15.5. The maximum Gasteiger partial charge on any atom is 0.361 e. The van der Waals surface area contributed by atoms with Crippen LogP contribution < -0.4 is 0 Å². The fourth-order valence-corrected chi connectivity index (χ4v) is 2.20. The summed E-state index contributed by atoms with van der Waals surface area (Å²) >= 11 is 0. The number of esters is 1. The maximum absolute atomic E-state index is 12.1. The minimum absolute atomic E-state index is 0.00693. The summed E-state index contributed by atoms with van der Waals surface area (Å²) in [6, 6.07) is 9.59. The van der Waals surface area contributed by atoms with E-state index in [0.29, 0.717) is 11.3 Å². The summed E-state index contributed by atoms with van der Waals surface area (Å²) in [7, 11) is 0. The number of nitrogens with zero attached hydrogens (tertiary/aromatic N) is 2. The zero-order chi connectivity index (χ0) is 16.9. The Hall–Kier alpha value is -3.42. The van der Waals surface area contributed by atoms with Crippen LogP contribution in [0.5, 0.6) is 0 Å². The molecule has 3 aromatic rings. The highest BCUT2D eigenvalue weighted by atomic mass is 16.6. The SMILES string of the molecule is O=C(OCCc1ccccc1[N+](=O)[O-])c1ncoc1-c1ccco1. The first kappa shape index (κ1) is 15.5. The zero-order valence-electron chi connectivity index (χ0n) is 12.4. The average molecular weight is 328 g/mol. The predicted molar refractivity (Wildman–Crippen MR) is 81.3 cm³/mol. The van der Waals surface area contributed by atoms with Gasteiger partial charge in [0, 0.05) is 18.1 Å². The number of nitro groups is 1. The van der Waals surface area contributed by atoms with Crippen LogP contribution in [-0.2, 0) is 11.2 Å². The van der Waals surface area contributed by atoms with E-state index >= 15 is 0 Å². The van der Waals surface area contributed by atoms with E-state index in [1.54, 1.807) is 30.3 Å². The van der Waals surface area contributed by atoms with Crippen molar-refractivity contribution in [3.63, 3.8) is 0 Å². The third kappa shape index (κ3) is 3.17. The highest BCUT2D eigenvalue weighted by Crippen LogP contribution is 2.24. The number of aromatic nitrogens is 1. The van der Waals surface area contributed by atoms with E-state index in [-0.39, 0.29) is 30.2 Å². The Morgan fingerprint density at radius 2 is 2.04 bits per heavy atom. The molecule has 0 amide bonds. The van der Waals surface area contributed by atoms with Crippen molar-refractivity contribution in [3.8, 4) is 11.5 Å². The van der Waals surface area contributed by atoms with E-state index in [2.05, 4.69) is 4.98 Å². The minimum atomic E-state index is -0.686. The second-order valence-corrected chi connectivity index (χ2v) is 4.78. The summed E-state index contributed by atoms with van der Waals surface area (Å²) in [4.78, 5) is 26.4. The molecule has 0 saturated heterocycles. The van der Waals surface area contributed by atoms with Crippen LogP contribution in [-0.4, -0.2) is 22.5 Å². The Morgan fingerprint density at radius 1 is 1.21 bits per heavy atom. The van der Waals surface area contributed by atoms with Gasteiger partial charge in [0.25, 0.3) is 5.69 Å². The van der Waals surface area contributed by atoms with E-state index in [1.807, 2.05) is 0 Å². The van der Waals surface area contributed by atoms with Crippen molar-refractivity contribution in [3.05, 3.63) is 70.4 Å². The number of benzene rings is 1. The zero-order valence-corrected chi connectivity index (χ0v) is 12.4. The number of para-hydroxylation sites is 1. The molecule has 0 aliphatic rings. The number of oxazole rings is 1. The van der Waals surface area contributed by atoms with Gasteiger partial charge in [-0.3, -0.25) is 10.1 Å². The Labute approximate surface area is 135 Å². The minimum Gasteiger partial charge on any atom is -0.461 e. The molecule has 3 rings (SSSR count). The smallest absolute Gasteiger partial charge is 0.361 e. The molecule has 1 aromatic carbocycles. The second-order valence-electron chi connectivity index (χ2n) is 4.78. The van der Waals surface area contributed by atoms with Gasteiger partial charge in [0.15, 0.2) is 17.8 Å². The van der Waals surface area contributed by atoms with Gasteiger partial charge >= 0.3 is 5.97 Å². The molecule has 0 radical (unpaired) electrons. The number of ether oxygens (including phenoxy) is 1. The molecule has 2 aromatic heterocycles. The molecular formula is C16H12N2O6. The summed E-state index contributed by atoms with van der Waals surface area (Å²) in [5.74, 6) is -0.150. The Morgan fingerprint density at radius 3 is 2.79 bits per heavy atom. The number of hydrogen-bond donors (Lipinski definition) is 0. The molecule has 2 heterocycles. The van der Waals surface area contributed by atoms with Crippen LogP contribution in [0, 0.1) is 10.1 Å². The van der Waals surface area contributed by atoms with Crippen molar-refractivity contribution >= 4 is 11.7 Å². The van der Waals surface area contributed by atoms with Crippen molar-refractivity contribution in [2.45, 2.75) is 6.42 Å². The fourth-order valence-electron chi connectivity index (χ4n) is 2.20. The topological polar surface area (TPSA) is 109 Å². The number of carbonyl (C=O) groups excluding carboxylic acids is 1. The predicted octanol–water partition coefficient (Wildman–Crippen LogP) is 3.24. The van der Waals surface area contributed by atoms with E-state index in [9.17, 15) is 14.9 Å². The molecule has 0 N–H and O–H groups in total. The van der Waals surface area contributed by atoms with Crippen molar-refractivity contribution in [2.24, 2.45) is 0 Å². The molecule has 0 spiro atoms. The van der Waals surface area contributed by atoms with Crippen LogP contribution in [0.1, 0.15) is 16.1 Å². The number of nitro benzene ring substituents is 1. The van der Waals surface area contributed by atoms with Gasteiger partial charge < -0.3 is 13.6 Å². The number of hydrogen-bond acceptors (Lipinski definition) is 7. The van der Waals surface area contributed by atoms with Gasteiger partial charge in [-0.15, -0.1) is 0 Å². The van der Waals surface area contributed by atoms with Crippen LogP contribution >= 0.6 is 0 Å². The lowest BCUT2D eigenvalue weighted by molar-refractivity contribution is -0.385. The third-order valence-corrected chi connectivity index (χ3v) is 3.30. The maximum atomic E-state index is 12.1. The first-order chi connectivity index (χ1) is 11.7. The van der Waals surface area contributed by atoms with Crippen molar-refractivity contribution in [2.75, 3.05) is 6.61 Å². The van der Waals surface area contributed by atoms with Crippen molar-refractivity contribution in [1.82, 2.24) is 4.98 Å². The normalized spacial score (nSPS) is 10.5. The number of furan rings is 1. The van der Waals surface area contributed by atoms with E-state index in [4.69, 9.17) is 13.6 Å². The third-order valence-electron chi connectivity index (χ3n) is 3.30. The molecule has 0 saturated carbocycles. The summed E-state index contributed by atoms with van der Waals surface area (Å²) in [5, 5.41) is 10.9. The lowest BCUT2D eigenvalue weighted by atomic mass is 10.1. The molecule has 0 aliphatic carbocycles. The molecule has 0 bridgehead atoms. The molecule has 122 valence electrons. The fraction of sp³-hybridized carbons (Fsp3) is 0.125. The van der Waals surface area contributed by atoms with E-state index in [0.717, 1.165) is 6.39 Å². The summed E-state index contributed by atoms with van der Waals surface area (Å²) in [6.07, 6.45) is 2.79. The quantitative estimate of drug-likeness (QED) is 0.388. The van der Waals surface area contributed by atoms with Crippen molar-refractivity contribution < 1.29 is 23.3 Å². The number of rotatable bonds is 6. The first-order valence-corrected chi connectivity index (χ1v) is 7.03. The molecule has 0 unspecified atom stereocenters. The largest absolute Gasteiger partial charge is 0.461 e. The molecule has 0 fully saturated rings. The van der Waals surface area contributed by atoms with Crippen LogP contribution in [0.4, 0.5) is 5.69 Å². The summed E-state index contributed by atoms with van der Waals surface area (Å²) in [6.45, 7) is -0.0197. The Kier molecular flexibility index (Phi) is 4.37. The van der Waals surface area contributed by atoms with Gasteiger partial charge in [-0.25, -0.2) is 9.78 Å². The lowest BCUT2D eigenvalue weighted by Gasteiger charge is -2.04. The van der Waals surface area contributed by atoms with Crippen LogP contribution in [0.25, 0.3) is 11.5 Å². The average Bonchev–Trinajstić information content (AvgIpc) is 3.26. The van der Waals surface area contributed by atoms with Crippen LogP contribution in [0.2, 0.25) is 0 Å². The standard InChI is InChI=1S/C16H12N2O6/c19-16(14-15(24-10-17-14)13-6-3-8-22-13)23-9-7-11-4-1-2-5-12(11)18(20)21/h1-6,8,10H,7,9H2. The summed E-state index contributed by atoms with van der Waals surface area (Å²) in [5.41, 5.74) is 0.473. The van der Waals surface area contributed by atoms with Gasteiger partial charge in [-0.2, -0.15) is 0 Å². The molecule has 24 heavy (non-hydrogen) atoms. The van der Waals surface area contributed by atoms with E-state index in [1.165, 1.54) is 12.3 Å². The molecule has 8 nitrogen and oxygen atoms in total. The van der Waals surface area contributed by atoms with Gasteiger partial charge in [0.05, 0.1) is 17.8 Å². The first-order valence-electron chi connectivity index (χ1n) is 7.03. The number of carbonyl (C=O) groups is 1. The van der Waals surface area contributed by atoms with Crippen LogP contribution in [0.3, 0.4) is 0 Å². The monoisotopic (exact) mass is 328 g/mol. The van der Waals surface area contributed by atoms with Crippen molar-refractivity contribution in [1.29, 1.82) is 0 Å². The van der Waals surface area contributed by atoms with E-state index < -0.39 is 10.9 Å². The second kappa shape index (κ2) is 6.78. The van der Waals surface area contributed by atoms with Gasteiger partial charge in [0.1, 0.15) is 0 Å². The van der Waals surface area contributed by atoms with Gasteiger partial charge in [0.2, 0.25) is 5.76 Å². The molecule has 0 atom stereocenters. The van der Waals surface area contributed by atoms with Crippen LogP contribution in [0.15, 0.2) is 57.9 Å². The highest BCUT2D eigenvalue weighted by molar-refractivity contribution is 5.92. The Bertz CT molecular complexity index is 853. The Balaban J connectivity index is 1.65. The molecule has 0 aliphatic heterocycles. The lowest BCUT2D eigenvalue weighted by Crippen LogP contribution is -2.10. The molecular weight excluding hydrogens is 316 g/mol.